The molecule has 18 heavy (non-hydrogen) atoms. The van der Waals surface area contributed by atoms with Crippen molar-refractivity contribution >= 4 is 0 Å². The van der Waals surface area contributed by atoms with Gasteiger partial charge in [0, 0.05) is 13.2 Å². The first-order valence-electron chi connectivity index (χ1n) is 7.63. The van der Waals surface area contributed by atoms with E-state index in [2.05, 4.69) is 26.1 Å². The Balaban J connectivity index is 2.90. The maximum Gasteiger partial charge on any atom is 0.0701 e. The van der Waals surface area contributed by atoms with Crippen LogP contribution >= 0.6 is 0 Å². The third kappa shape index (κ3) is 15.9. The highest BCUT2D eigenvalue weighted by Crippen LogP contribution is 2.09. The molecular weight excluding hydrogens is 226 g/mol. The van der Waals surface area contributed by atoms with Gasteiger partial charge in [-0.15, -0.1) is 0 Å². The van der Waals surface area contributed by atoms with Gasteiger partial charge in [0.05, 0.1) is 19.8 Å². The van der Waals surface area contributed by atoms with Crippen LogP contribution in [0.1, 0.15) is 52.9 Å². The van der Waals surface area contributed by atoms with Gasteiger partial charge in [-0.05, 0) is 18.9 Å². The van der Waals surface area contributed by atoms with Crippen molar-refractivity contribution in [1.29, 1.82) is 0 Å². The minimum absolute atomic E-state index is 0.721. The lowest BCUT2D eigenvalue weighted by atomic mass is 10.0. The summed E-state index contributed by atoms with van der Waals surface area (Å²) in [5, 5.41) is 3.22. The van der Waals surface area contributed by atoms with Crippen molar-refractivity contribution in [2.75, 3.05) is 39.5 Å². The summed E-state index contributed by atoms with van der Waals surface area (Å²) in [7, 11) is 0. The van der Waals surface area contributed by atoms with Crippen LogP contribution < -0.4 is 5.32 Å². The first-order valence-corrected chi connectivity index (χ1v) is 7.63. The number of rotatable bonds is 14. The zero-order chi connectivity index (χ0) is 13.5. The summed E-state index contributed by atoms with van der Waals surface area (Å²) in [6.45, 7) is 11.8. The van der Waals surface area contributed by atoms with Crippen LogP contribution in [0.15, 0.2) is 0 Å². The molecule has 0 aliphatic rings. The molecule has 110 valence electrons. The molecule has 0 radical (unpaired) electrons. The quantitative estimate of drug-likeness (QED) is 0.486. The van der Waals surface area contributed by atoms with Gasteiger partial charge in [0.1, 0.15) is 0 Å². The van der Waals surface area contributed by atoms with Crippen molar-refractivity contribution in [1.82, 2.24) is 5.32 Å². The second kappa shape index (κ2) is 14.9. The second-order valence-corrected chi connectivity index (χ2v) is 5.18. The first-order chi connectivity index (χ1) is 8.77. The van der Waals surface area contributed by atoms with Crippen LogP contribution in [0.3, 0.4) is 0 Å². The molecule has 0 aromatic heterocycles. The summed E-state index contributed by atoms with van der Waals surface area (Å²) >= 11 is 0. The van der Waals surface area contributed by atoms with Crippen molar-refractivity contribution in [2.24, 2.45) is 5.92 Å². The Hall–Kier alpha value is -0.120. The number of hydrogen-bond acceptors (Lipinski definition) is 3. The highest BCUT2D eigenvalue weighted by Gasteiger charge is 1.95. The van der Waals surface area contributed by atoms with E-state index in [1.165, 1.54) is 32.1 Å². The average Bonchev–Trinajstić information content (AvgIpc) is 2.34. The molecule has 0 aromatic rings. The monoisotopic (exact) mass is 259 g/mol. The van der Waals surface area contributed by atoms with E-state index >= 15 is 0 Å². The van der Waals surface area contributed by atoms with E-state index < -0.39 is 0 Å². The molecule has 3 heteroatoms. The molecule has 0 fully saturated rings. The van der Waals surface area contributed by atoms with Crippen LogP contribution in [0, 0.1) is 5.92 Å². The molecule has 0 bridgehead atoms. The Morgan fingerprint density at radius 1 is 0.833 bits per heavy atom. The minimum Gasteiger partial charge on any atom is -0.379 e. The Morgan fingerprint density at radius 2 is 1.50 bits per heavy atom. The molecule has 0 heterocycles. The largest absolute Gasteiger partial charge is 0.379 e. The maximum atomic E-state index is 5.52. The standard InChI is InChI=1S/C15H33NO2/c1-4-16-10-12-18-14-13-17-11-8-6-5-7-9-15(2)3/h15-16H,4-14H2,1-3H3. The van der Waals surface area contributed by atoms with Crippen molar-refractivity contribution in [3.8, 4) is 0 Å². The molecule has 0 rings (SSSR count). The van der Waals surface area contributed by atoms with Crippen molar-refractivity contribution in [2.45, 2.75) is 52.9 Å². The van der Waals surface area contributed by atoms with Crippen LogP contribution in [0.2, 0.25) is 0 Å². The Morgan fingerprint density at radius 3 is 2.17 bits per heavy atom. The Kier molecular flexibility index (Phi) is 14.8. The second-order valence-electron chi connectivity index (χ2n) is 5.18. The number of ether oxygens (including phenoxy) is 2. The van der Waals surface area contributed by atoms with Crippen LogP contribution in [-0.2, 0) is 9.47 Å². The van der Waals surface area contributed by atoms with Gasteiger partial charge in [-0.3, -0.25) is 0 Å². The highest BCUT2D eigenvalue weighted by atomic mass is 16.5. The fourth-order valence-electron chi connectivity index (χ4n) is 1.75. The van der Waals surface area contributed by atoms with Gasteiger partial charge in [0.2, 0.25) is 0 Å². The third-order valence-electron chi connectivity index (χ3n) is 2.87. The lowest BCUT2D eigenvalue weighted by Gasteiger charge is -2.06. The summed E-state index contributed by atoms with van der Waals surface area (Å²) < 4.78 is 10.9. The van der Waals surface area contributed by atoms with E-state index in [1.807, 2.05) is 0 Å². The average molecular weight is 259 g/mol. The predicted molar refractivity (Wildman–Crippen MR) is 78.1 cm³/mol. The number of hydrogen-bond donors (Lipinski definition) is 1. The van der Waals surface area contributed by atoms with E-state index in [0.29, 0.717) is 0 Å². The molecular formula is C15H33NO2. The van der Waals surface area contributed by atoms with E-state index in [4.69, 9.17) is 9.47 Å². The summed E-state index contributed by atoms with van der Waals surface area (Å²) in [5.41, 5.74) is 0. The van der Waals surface area contributed by atoms with Gasteiger partial charge >= 0.3 is 0 Å². The van der Waals surface area contributed by atoms with E-state index in [9.17, 15) is 0 Å². The summed E-state index contributed by atoms with van der Waals surface area (Å²) in [6, 6.07) is 0. The molecule has 0 unspecified atom stereocenters. The Bertz CT molecular complexity index is 151. The van der Waals surface area contributed by atoms with Gasteiger partial charge in [0.25, 0.3) is 0 Å². The van der Waals surface area contributed by atoms with Crippen molar-refractivity contribution < 1.29 is 9.47 Å². The van der Waals surface area contributed by atoms with Crippen molar-refractivity contribution in [3.05, 3.63) is 0 Å². The minimum atomic E-state index is 0.721. The van der Waals surface area contributed by atoms with E-state index in [0.717, 1.165) is 45.4 Å². The Labute approximate surface area is 114 Å². The van der Waals surface area contributed by atoms with Gasteiger partial charge in [-0.2, -0.15) is 0 Å². The normalized spacial score (nSPS) is 11.3. The molecule has 0 spiro atoms. The molecule has 3 nitrogen and oxygen atoms in total. The van der Waals surface area contributed by atoms with Gasteiger partial charge in [-0.1, -0.05) is 46.5 Å². The van der Waals surface area contributed by atoms with Gasteiger partial charge in [0.15, 0.2) is 0 Å². The van der Waals surface area contributed by atoms with E-state index in [-0.39, 0.29) is 0 Å². The lowest BCUT2D eigenvalue weighted by molar-refractivity contribution is 0.0474. The van der Waals surface area contributed by atoms with Gasteiger partial charge in [-0.25, -0.2) is 0 Å². The topological polar surface area (TPSA) is 30.5 Å². The summed E-state index contributed by atoms with van der Waals surface area (Å²) in [6.07, 6.45) is 6.57. The fraction of sp³-hybridized carbons (Fsp3) is 1.00. The number of nitrogens with one attached hydrogen (secondary N) is 1. The number of unbranched alkanes of at least 4 members (excludes halogenated alkanes) is 3. The van der Waals surface area contributed by atoms with Crippen LogP contribution in [0.4, 0.5) is 0 Å². The first kappa shape index (κ1) is 17.9. The molecule has 0 atom stereocenters. The molecule has 0 aromatic carbocycles. The maximum absolute atomic E-state index is 5.52. The highest BCUT2D eigenvalue weighted by molar-refractivity contribution is 4.48. The predicted octanol–water partition coefficient (Wildman–Crippen LogP) is 3.24. The van der Waals surface area contributed by atoms with Crippen LogP contribution in [-0.4, -0.2) is 39.5 Å². The lowest BCUT2D eigenvalue weighted by Crippen LogP contribution is -2.20. The van der Waals surface area contributed by atoms with Crippen molar-refractivity contribution in [3.63, 3.8) is 0 Å². The zero-order valence-corrected chi connectivity index (χ0v) is 12.7. The number of likely N-dealkylation sites (N-methyl/N-ethyl adjacent to an activating group) is 1. The fourth-order valence-corrected chi connectivity index (χ4v) is 1.75. The molecule has 0 aliphatic carbocycles. The molecule has 0 aliphatic heterocycles. The molecule has 0 saturated carbocycles. The van der Waals surface area contributed by atoms with Crippen LogP contribution in [0.5, 0.6) is 0 Å². The zero-order valence-electron chi connectivity index (χ0n) is 12.7. The molecule has 0 amide bonds. The third-order valence-corrected chi connectivity index (χ3v) is 2.87. The van der Waals surface area contributed by atoms with Crippen LogP contribution in [0.25, 0.3) is 0 Å². The summed E-state index contributed by atoms with van der Waals surface area (Å²) in [4.78, 5) is 0. The SMILES string of the molecule is CCNCCOCCOCCCCCCC(C)C. The smallest absolute Gasteiger partial charge is 0.0701 e. The molecule has 1 N–H and O–H groups in total. The van der Waals surface area contributed by atoms with E-state index in [1.54, 1.807) is 0 Å². The molecule has 0 saturated heterocycles. The van der Waals surface area contributed by atoms with Gasteiger partial charge < -0.3 is 14.8 Å². The summed E-state index contributed by atoms with van der Waals surface area (Å²) in [5.74, 6) is 0.848.